The molecule has 0 aromatic heterocycles. The summed E-state index contributed by atoms with van der Waals surface area (Å²) < 4.78 is 0. The molecule has 0 bridgehead atoms. The zero-order valence-electron chi connectivity index (χ0n) is 4.46. The van der Waals surface area contributed by atoms with Gasteiger partial charge < -0.3 is 5.73 Å². The number of amides is 2. The van der Waals surface area contributed by atoms with Crippen LogP contribution in [0.2, 0.25) is 0 Å². The van der Waals surface area contributed by atoms with Gasteiger partial charge in [-0.2, -0.15) is 4.99 Å². The molecular formula is C2H6N6O. The summed E-state index contributed by atoms with van der Waals surface area (Å²) in [6.45, 7) is 0. The second-order valence-corrected chi connectivity index (χ2v) is 1.03. The molecule has 0 aromatic carbocycles. The summed E-state index contributed by atoms with van der Waals surface area (Å²) in [7, 11) is 0. The van der Waals surface area contributed by atoms with Gasteiger partial charge in [0.15, 0.2) is 0 Å². The van der Waals surface area contributed by atoms with Crippen molar-refractivity contribution in [2.45, 2.75) is 0 Å². The SMILES string of the molecule is N=N/C(N)=N/C(=O)NN. The number of nitrogens with one attached hydrogen (secondary N) is 2. The van der Waals surface area contributed by atoms with Crippen LogP contribution < -0.4 is 17.0 Å². The molecule has 0 radical (unpaired) electrons. The number of hydrogen-bond acceptors (Lipinski definition) is 3. The maximum absolute atomic E-state index is 10.1. The first-order valence-electron chi connectivity index (χ1n) is 1.93. The van der Waals surface area contributed by atoms with Crippen molar-refractivity contribution in [3.8, 4) is 0 Å². The summed E-state index contributed by atoms with van der Waals surface area (Å²) >= 11 is 0. The van der Waals surface area contributed by atoms with Crippen molar-refractivity contribution in [2.75, 3.05) is 0 Å². The van der Waals surface area contributed by atoms with Crippen LogP contribution >= 0.6 is 0 Å². The second kappa shape index (κ2) is 3.50. The van der Waals surface area contributed by atoms with Crippen molar-refractivity contribution in [1.29, 1.82) is 5.53 Å². The predicted molar refractivity (Wildman–Crippen MR) is 29.5 cm³/mol. The summed E-state index contributed by atoms with van der Waals surface area (Å²) in [5, 5.41) is 2.64. The molecule has 0 rings (SSSR count). The van der Waals surface area contributed by atoms with Gasteiger partial charge in [-0.25, -0.2) is 16.2 Å². The van der Waals surface area contributed by atoms with Crippen LogP contribution in [0, 0.1) is 5.53 Å². The Kier molecular flexibility index (Phi) is 2.91. The summed E-state index contributed by atoms with van der Waals surface area (Å²) in [6, 6.07) is -0.830. The van der Waals surface area contributed by atoms with Gasteiger partial charge in [0.25, 0.3) is 0 Å². The normalized spacial score (nSPS) is 10.6. The van der Waals surface area contributed by atoms with Crippen LogP contribution in [0.3, 0.4) is 0 Å². The Morgan fingerprint density at radius 2 is 2.22 bits per heavy atom. The van der Waals surface area contributed by atoms with Crippen molar-refractivity contribution < 1.29 is 4.79 Å². The third-order valence-electron chi connectivity index (χ3n) is 0.454. The number of carbonyl (C=O) groups excluding carboxylic acids is 1. The van der Waals surface area contributed by atoms with E-state index in [0.717, 1.165) is 0 Å². The lowest BCUT2D eigenvalue weighted by molar-refractivity contribution is 0.249. The largest absolute Gasteiger partial charge is 0.366 e. The van der Waals surface area contributed by atoms with E-state index in [-0.39, 0.29) is 0 Å². The van der Waals surface area contributed by atoms with E-state index in [9.17, 15) is 4.79 Å². The van der Waals surface area contributed by atoms with Gasteiger partial charge in [-0.05, 0) is 0 Å². The van der Waals surface area contributed by atoms with Gasteiger partial charge in [0, 0.05) is 0 Å². The molecule has 0 heterocycles. The lowest BCUT2D eigenvalue weighted by Gasteiger charge is -1.88. The zero-order chi connectivity index (χ0) is 7.28. The van der Waals surface area contributed by atoms with Gasteiger partial charge in [0.1, 0.15) is 0 Å². The number of nitrogens with zero attached hydrogens (tertiary/aromatic N) is 2. The molecule has 6 N–H and O–H groups in total. The summed E-state index contributed by atoms with van der Waals surface area (Å²) in [4.78, 5) is 13.1. The fourth-order valence-electron chi connectivity index (χ4n) is 0.161. The molecule has 0 fully saturated rings. The monoisotopic (exact) mass is 130 g/mol. The predicted octanol–water partition coefficient (Wildman–Crippen LogP) is -1.08. The standard InChI is InChI=1S/C2H6N6O/c3-1(7-4)6-2(9)8-5/h4H,5H2,(H3,3,6,8,9). The number of guanidine groups is 1. The number of rotatable bonds is 0. The van der Waals surface area contributed by atoms with Gasteiger partial charge in [0.2, 0.25) is 5.96 Å². The average molecular weight is 130 g/mol. The van der Waals surface area contributed by atoms with Gasteiger partial charge in [0.05, 0.1) is 0 Å². The molecule has 0 aliphatic rings. The molecule has 7 nitrogen and oxygen atoms in total. The minimum atomic E-state index is -0.830. The number of aliphatic imine (C=N–C) groups is 1. The third kappa shape index (κ3) is 3.12. The molecule has 0 aromatic rings. The first kappa shape index (κ1) is 7.50. The highest BCUT2D eigenvalue weighted by Gasteiger charge is 1.92. The molecule has 7 heteroatoms. The smallest absolute Gasteiger partial charge is 0.358 e. The minimum absolute atomic E-state index is 0.432. The fourth-order valence-corrected chi connectivity index (χ4v) is 0.161. The number of nitrogens with two attached hydrogens (primary N) is 2. The van der Waals surface area contributed by atoms with Gasteiger partial charge in [-0.3, -0.25) is 5.43 Å². The second-order valence-electron chi connectivity index (χ2n) is 1.03. The van der Waals surface area contributed by atoms with E-state index in [1.54, 1.807) is 5.43 Å². The first-order chi connectivity index (χ1) is 4.20. The molecule has 9 heavy (non-hydrogen) atoms. The Morgan fingerprint density at radius 3 is 2.56 bits per heavy atom. The van der Waals surface area contributed by atoms with Gasteiger partial charge in [-0.1, -0.05) is 0 Å². The molecule has 50 valence electrons. The Labute approximate surface area is 50.6 Å². The Morgan fingerprint density at radius 1 is 1.67 bits per heavy atom. The van der Waals surface area contributed by atoms with Crippen LogP contribution in [0.15, 0.2) is 10.1 Å². The molecule has 2 amide bonds. The van der Waals surface area contributed by atoms with Crippen molar-refractivity contribution in [1.82, 2.24) is 5.43 Å². The topological polar surface area (TPSA) is 130 Å². The summed E-state index contributed by atoms with van der Waals surface area (Å²) in [5.41, 5.74) is 12.7. The highest BCUT2D eigenvalue weighted by Crippen LogP contribution is 1.72. The molecule has 0 atom stereocenters. The first-order valence-corrected chi connectivity index (χ1v) is 1.93. The van der Waals surface area contributed by atoms with Crippen molar-refractivity contribution in [3.63, 3.8) is 0 Å². The van der Waals surface area contributed by atoms with E-state index >= 15 is 0 Å². The highest BCUT2D eigenvalue weighted by molar-refractivity contribution is 5.91. The number of carbonyl (C=O) groups is 1. The third-order valence-corrected chi connectivity index (χ3v) is 0.454. The van der Waals surface area contributed by atoms with Crippen LogP contribution in [-0.4, -0.2) is 12.0 Å². The van der Waals surface area contributed by atoms with Crippen LogP contribution in [0.5, 0.6) is 0 Å². The van der Waals surface area contributed by atoms with E-state index < -0.39 is 12.0 Å². The number of hydrazine groups is 1. The van der Waals surface area contributed by atoms with Crippen molar-refractivity contribution >= 4 is 12.0 Å². The molecule has 0 aliphatic heterocycles. The van der Waals surface area contributed by atoms with Crippen molar-refractivity contribution in [3.05, 3.63) is 0 Å². The fraction of sp³-hybridized carbons (Fsp3) is 0. The van der Waals surface area contributed by atoms with Crippen LogP contribution in [0.4, 0.5) is 4.79 Å². The highest BCUT2D eigenvalue weighted by atomic mass is 16.2. The Hall–Kier alpha value is -1.50. The van der Waals surface area contributed by atoms with Crippen LogP contribution in [0.25, 0.3) is 0 Å². The molecule has 0 saturated carbocycles. The number of hydrogen-bond donors (Lipinski definition) is 4. The minimum Gasteiger partial charge on any atom is -0.366 e. The molecule has 0 unspecified atom stereocenters. The lowest BCUT2D eigenvalue weighted by Crippen LogP contribution is -2.28. The molecule has 0 aliphatic carbocycles. The van der Waals surface area contributed by atoms with Gasteiger partial charge in [-0.15, -0.1) is 5.11 Å². The summed E-state index contributed by atoms with van der Waals surface area (Å²) in [6.07, 6.45) is 0. The van der Waals surface area contributed by atoms with E-state index in [1.807, 2.05) is 0 Å². The average Bonchev–Trinajstić information content (AvgIpc) is 1.87. The molecule has 0 spiro atoms. The van der Waals surface area contributed by atoms with Crippen molar-refractivity contribution in [2.24, 2.45) is 21.7 Å². The van der Waals surface area contributed by atoms with Crippen LogP contribution in [0.1, 0.15) is 0 Å². The van der Waals surface area contributed by atoms with Gasteiger partial charge >= 0.3 is 6.03 Å². The lowest BCUT2D eigenvalue weighted by atomic mass is 11.0. The van der Waals surface area contributed by atoms with E-state index in [4.69, 9.17) is 11.3 Å². The molecular weight excluding hydrogens is 124 g/mol. The number of urea groups is 1. The molecule has 0 saturated heterocycles. The Balaban J connectivity index is 3.94. The summed E-state index contributed by atoms with van der Waals surface area (Å²) in [5.74, 6) is 4.18. The van der Waals surface area contributed by atoms with E-state index in [1.165, 1.54) is 0 Å². The Bertz CT molecular complexity index is 149. The van der Waals surface area contributed by atoms with E-state index in [0.29, 0.717) is 0 Å². The zero-order valence-corrected chi connectivity index (χ0v) is 4.46. The quantitative estimate of drug-likeness (QED) is 0.0830. The maximum atomic E-state index is 10.1. The maximum Gasteiger partial charge on any atom is 0.358 e. The van der Waals surface area contributed by atoms with Crippen LogP contribution in [-0.2, 0) is 0 Å². The van der Waals surface area contributed by atoms with E-state index in [2.05, 4.69) is 15.9 Å².